The van der Waals surface area contributed by atoms with Crippen LogP contribution in [0.25, 0.3) is 0 Å². The van der Waals surface area contributed by atoms with Crippen LogP contribution in [0.3, 0.4) is 0 Å². The van der Waals surface area contributed by atoms with E-state index in [4.69, 9.17) is 21.4 Å². The molecule has 1 saturated heterocycles. The summed E-state index contributed by atoms with van der Waals surface area (Å²) in [7, 11) is 0. The van der Waals surface area contributed by atoms with Crippen LogP contribution in [0.1, 0.15) is 25.0 Å². The lowest BCUT2D eigenvalue weighted by Gasteiger charge is -2.44. The summed E-state index contributed by atoms with van der Waals surface area (Å²) in [6.45, 7) is 6.33. The molecule has 0 spiro atoms. The molecule has 0 amide bonds. The molecule has 6 nitrogen and oxygen atoms in total. The van der Waals surface area contributed by atoms with E-state index in [1.54, 1.807) is 18.2 Å². The number of rotatable bonds is 7. The molecular formula is C22H25ClF3N3O3. The highest BCUT2D eigenvalue weighted by Crippen LogP contribution is 2.30. The number of nitrogens with zero attached hydrogens (tertiary/aromatic N) is 3. The average molecular weight is 472 g/mol. The minimum absolute atomic E-state index is 0.110. The lowest BCUT2D eigenvalue weighted by molar-refractivity contribution is -0.138. The van der Waals surface area contributed by atoms with Crippen LogP contribution in [0.2, 0.25) is 5.02 Å². The maximum atomic E-state index is 12.8. The second kappa shape index (κ2) is 9.95. The number of carboxylic acids is 1. The summed E-state index contributed by atoms with van der Waals surface area (Å²) in [5.41, 5.74) is -0.152. The third-order valence-corrected chi connectivity index (χ3v) is 5.77. The Labute approximate surface area is 189 Å². The summed E-state index contributed by atoms with van der Waals surface area (Å²) >= 11 is 6.17. The number of aliphatic carboxylic acids is 1. The minimum Gasteiger partial charge on any atom is -0.491 e. The van der Waals surface area contributed by atoms with Gasteiger partial charge in [-0.15, -0.1) is 0 Å². The van der Waals surface area contributed by atoms with E-state index < -0.39 is 17.7 Å². The fourth-order valence-electron chi connectivity index (χ4n) is 3.93. The SMILES string of the molecule is C[C@@H]1CN(c2ccc(C(F)(F)F)cn2)C[C@H](C)N1CCOc1cc(CC(=O)O)ccc1Cl. The quantitative estimate of drug-likeness (QED) is 0.647. The second-order valence-electron chi connectivity index (χ2n) is 7.93. The van der Waals surface area contributed by atoms with Crippen molar-refractivity contribution >= 4 is 23.4 Å². The molecule has 1 aromatic carbocycles. The Morgan fingerprint density at radius 3 is 2.47 bits per heavy atom. The molecular weight excluding hydrogens is 447 g/mol. The van der Waals surface area contributed by atoms with Gasteiger partial charge in [0.15, 0.2) is 0 Å². The van der Waals surface area contributed by atoms with Crippen molar-refractivity contribution in [3.63, 3.8) is 0 Å². The molecule has 174 valence electrons. The number of carbonyl (C=O) groups is 1. The predicted molar refractivity (Wildman–Crippen MR) is 115 cm³/mol. The van der Waals surface area contributed by atoms with Crippen LogP contribution >= 0.6 is 11.6 Å². The number of piperazine rings is 1. The number of aromatic nitrogens is 1. The van der Waals surface area contributed by atoms with Gasteiger partial charge in [0.05, 0.1) is 17.0 Å². The first-order valence-electron chi connectivity index (χ1n) is 10.2. The Morgan fingerprint density at radius 1 is 1.22 bits per heavy atom. The molecule has 0 saturated carbocycles. The average Bonchev–Trinajstić information content (AvgIpc) is 2.71. The maximum Gasteiger partial charge on any atom is 0.417 e. The summed E-state index contributed by atoms with van der Waals surface area (Å²) < 4.78 is 44.1. The highest BCUT2D eigenvalue weighted by atomic mass is 35.5. The molecule has 1 fully saturated rings. The molecule has 1 aromatic heterocycles. The van der Waals surface area contributed by atoms with Crippen LogP contribution < -0.4 is 9.64 Å². The zero-order valence-corrected chi connectivity index (χ0v) is 18.5. The zero-order valence-electron chi connectivity index (χ0n) is 17.8. The highest BCUT2D eigenvalue weighted by molar-refractivity contribution is 6.32. The molecule has 10 heteroatoms. The number of anilines is 1. The number of pyridine rings is 1. The van der Waals surface area contributed by atoms with Crippen molar-refractivity contribution in [2.45, 2.75) is 38.5 Å². The Morgan fingerprint density at radius 2 is 1.91 bits per heavy atom. The Bertz CT molecular complexity index is 928. The lowest BCUT2D eigenvalue weighted by Crippen LogP contribution is -2.57. The number of hydrogen-bond acceptors (Lipinski definition) is 5. The molecule has 1 aliphatic heterocycles. The van der Waals surface area contributed by atoms with Crippen LogP contribution in [0, 0.1) is 0 Å². The number of benzene rings is 1. The van der Waals surface area contributed by atoms with Crippen LogP contribution in [-0.4, -0.2) is 59.3 Å². The normalized spacial score (nSPS) is 19.8. The van der Waals surface area contributed by atoms with E-state index in [0.717, 1.165) is 12.3 Å². The molecule has 3 rings (SSSR count). The molecule has 2 atom stereocenters. The topological polar surface area (TPSA) is 65.9 Å². The molecule has 1 aliphatic rings. The van der Waals surface area contributed by atoms with Crippen molar-refractivity contribution in [1.82, 2.24) is 9.88 Å². The van der Waals surface area contributed by atoms with E-state index in [9.17, 15) is 18.0 Å². The van der Waals surface area contributed by atoms with Gasteiger partial charge in [-0.05, 0) is 43.7 Å². The molecule has 2 heterocycles. The number of ether oxygens (including phenoxy) is 1. The van der Waals surface area contributed by atoms with Crippen LogP contribution in [0.4, 0.5) is 19.0 Å². The summed E-state index contributed by atoms with van der Waals surface area (Å²) in [4.78, 5) is 19.2. The minimum atomic E-state index is -4.40. The van der Waals surface area contributed by atoms with Crippen molar-refractivity contribution in [2.75, 3.05) is 31.1 Å². The standard InChI is InChI=1S/C22H25ClF3N3O3/c1-14-12-28(20-6-4-17(11-27-20)22(24,25)26)13-15(2)29(14)7-8-32-19-9-16(10-21(30)31)3-5-18(19)23/h3-6,9,11,14-15H,7-8,10,12-13H2,1-2H3,(H,30,31)/t14-,15+. The van der Waals surface area contributed by atoms with Crippen LogP contribution in [-0.2, 0) is 17.4 Å². The number of carboxylic acid groups (broad SMARTS) is 1. The largest absolute Gasteiger partial charge is 0.491 e. The lowest BCUT2D eigenvalue weighted by atomic mass is 10.1. The molecule has 2 aromatic rings. The Balaban J connectivity index is 1.57. The number of halogens is 4. The van der Waals surface area contributed by atoms with Crippen LogP contribution in [0.5, 0.6) is 5.75 Å². The fraction of sp³-hybridized carbons (Fsp3) is 0.455. The van der Waals surface area contributed by atoms with Crippen LogP contribution in [0.15, 0.2) is 36.5 Å². The highest BCUT2D eigenvalue weighted by Gasteiger charge is 2.32. The van der Waals surface area contributed by atoms with Crippen molar-refractivity contribution < 1.29 is 27.8 Å². The van der Waals surface area contributed by atoms with Crippen molar-refractivity contribution in [3.05, 3.63) is 52.7 Å². The number of hydrogen-bond donors (Lipinski definition) is 1. The van der Waals surface area contributed by atoms with Gasteiger partial charge in [-0.3, -0.25) is 9.69 Å². The summed E-state index contributed by atoms with van der Waals surface area (Å²) in [5.74, 6) is 0.0364. The predicted octanol–water partition coefficient (Wildman–Crippen LogP) is 4.36. The van der Waals surface area contributed by atoms with Gasteiger partial charge < -0.3 is 14.7 Å². The van der Waals surface area contributed by atoms with E-state index in [0.29, 0.717) is 48.4 Å². The fourth-order valence-corrected chi connectivity index (χ4v) is 4.10. The van der Waals surface area contributed by atoms with Crippen molar-refractivity contribution in [1.29, 1.82) is 0 Å². The summed E-state index contributed by atoms with van der Waals surface area (Å²) in [6.07, 6.45) is -3.64. The maximum absolute atomic E-state index is 12.8. The molecule has 0 aliphatic carbocycles. The van der Waals surface area contributed by atoms with Gasteiger partial charge in [0.25, 0.3) is 0 Å². The first-order chi connectivity index (χ1) is 15.0. The second-order valence-corrected chi connectivity index (χ2v) is 8.33. The van der Waals surface area contributed by atoms with Gasteiger partial charge in [-0.25, -0.2) is 4.98 Å². The third-order valence-electron chi connectivity index (χ3n) is 5.46. The number of alkyl halides is 3. The van der Waals surface area contributed by atoms with E-state index in [2.05, 4.69) is 9.88 Å². The first-order valence-corrected chi connectivity index (χ1v) is 10.6. The van der Waals surface area contributed by atoms with Gasteiger partial charge in [0.2, 0.25) is 0 Å². The van der Waals surface area contributed by atoms with Crippen molar-refractivity contribution in [2.24, 2.45) is 0 Å². The monoisotopic (exact) mass is 471 g/mol. The van der Waals surface area contributed by atoms with Gasteiger partial charge >= 0.3 is 12.1 Å². The molecule has 0 radical (unpaired) electrons. The Hall–Kier alpha value is -2.52. The van der Waals surface area contributed by atoms with Gasteiger partial charge in [-0.2, -0.15) is 13.2 Å². The van der Waals surface area contributed by atoms with Gasteiger partial charge in [-0.1, -0.05) is 17.7 Å². The summed E-state index contributed by atoms with van der Waals surface area (Å²) in [6, 6.07) is 7.63. The Kier molecular flexibility index (Phi) is 7.51. The molecule has 1 N–H and O–H groups in total. The van der Waals surface area contributed by atoms with E-state index in [-0.39, 0.29) is 18.5 Å². The molecule has 0 bridgehead atoms. The third kappa shape index (κ3) is 6.04. The van der Waals surface area contributed by atoms with Gasteiger partial charge in [0, 0.05) is 37.9 Å². The zero-order chi connectivity index (χ0) is 23.5. The van der Waals surface area contributed by atoms with E-state index in [1.807, 2.05) is 18.7 Å². The molecule has 32 heavy (non-hydrogen) atoms. The smallest absolute Gasteiger partial charge is 0.417 e. The van der Waals surface area contributed by atoms with Crippen molar-refractivity contribution in [3.8, 4) is 5.75 Å². The van der Waals surface area contributed by atoms with E-state index in [1.165, 1.54) is 6.07 Å². The van der Waals surface area contributed by atoms with Gasteiger partial charge in [0.1, 0.15) is 18.2 Å². The molecule has 0 unspecified atom stereocenters. The first kappa shape index (κ1) is 24.1. The van der Waals surface area contributed by atoms with E-state index >= 15 is 0 Å². The summed E-state index contributed by atoms with van der Waals surface area (Å²) in [5, 5.41) is 9.36.